The number of hydrogen-bond donors (Lipinski definition) is 1. The molecule has 2 aliphatic heterocycles. The van der Waals surface area contributed by atoms with Crippen LogP contribution in [0.25, 0.3) is 16.9 Å². The van der Waals surface area contributed by atoms with Crippen molar-refractivity contribution >= 4 is 17.6 Å². The number of anilines is 1. The van der Waals surface area contributed by atoms with Crippen LogP contribution >= 0.6 is 0 Å². The summed E-state index contributed by atoms with van der Waals surface area (Å²) < 4.78 is 1.78. The number of hydrogen-bond acceptors (Lipinski definition) is 4. The molecule has 1 unspecified atom stereocenters. The molecule has 0 aliphatic carbocycles. The Bertz CT molecular complexity index is 1190. The van der Waals surface area contributed by atoms with Crippen molar-refractivity contribution in [2.24, 2.45) is 5.41 Å². The zero-order valence-electron chi connectivity index (χ0n) is 19.8. The van der Waals surface area contributed by atoms with Crippen LogP contribution in [0.5, 0.6) is 0 Å². The standard InChI is InChI=1S/C27H31N5O2/c1-20-9-11-21(12-10-20)23-17-24(32(29-23)22-7-4-3-5-8-22)28-25(33)18-31-16-14-27(19-31)13-6-15-30(2)26(27)34/h3-5,7-12,17H,6,13-16,18-19H2,1-2H3,(H,28,33). The van der Waals surface area contributed by atoms with E-state index in [4.69, 9.17) is 5.10 Å². The van der Waals surface area contributed by atoms with Crippen molar-refractivity contribution in [3.63, 3.8) is 0 Å². The molecule has 3 aromatic rings. The smallest absolute Gasteiger partial charge is 0.239 e. The second kappa shape index (κ2) is 9.06. The average Bonchev–Trinajstić information content (AvgIpc) is 3.43. The second-order valence-electron chi connectivity index (χ2n) is 9.65. The van der Waals surface area contributed by atoms with Crippen LogP contribution < -0.4 is 5.32 Å². The van der Waals surface area contributed by atoms with Gasteiger partial charge in [-0.25, -0.2) is 4.68 Å². The van der Waals surface area contributed by atoms with Crippen molar-refractivity contribution in [2.75, 3.05) is 38.5 Å². The first-order chi connectivity index (χ1) is 16.4. The zero-order chi connectivity index (χ0) is 23.7. The molecule has 7 heteroatoms. The van der Waals surface area contributed by atoms with Gasteiger partial charge in [0.15, 0.2) is 0 Å². The lowest BCUT2D eigenvalue weighted by Gasteiger charge is -2.37. The minimum absolute atomic E-state index is 0.0961. The number of nitrogens with zero attached hydrogens (tertiary/aromatic N) is 4. The monoisotopic (exact) mass is 457 g/mol. The summed E-state index contributed by atoms with van der Waals surface area (Å²) in [5.41, 5.74) is 3.54. The van der Waals surface area contributed by atoms with Crippen LogP contribution in [0.3, 0.4) is 0 Å². The molecule has 0 radical (unpaired) electrons. The summed E-state index contributed by atoms with van der Waals surface area (Å²) in [5.74, 6) is 0.766. The Kier molecular flexibility index (Phi) is 5.96. The van der Waals surface area contributed by atoms with E-state index in [-0.39, 0.29) is 23.8 Å². The molecule has 34 heavy (non-hydrogen) atoms. The topological polar surface area (TPSA) is 70.5 Å². The number of piperidine rings is 1. The van der Waals surface area contributed by atoms with Crippen LogP contribution in [0.4, 0.5) is 5.82 Å². The maximum atomic E-state index is 13.1. The molecule has 1 spiro atoms. The number of amides is 2. The molecule has 1 atom stereocenters. The molecule has 7 nitrogen and oxygen atoms in total. The molecule has 2 fully saturated rings. The number of para-hydroxylation sites is 1. The van der Waals surface area contributed by atoms with Gasteiger partial charge in [0, 0.05) is 31.8 Å². The van der Waals surface area contributed by atoms with Crippen molar-refractivity contribution in [1.82, 2.24) is 19.6 Å². The molecule has 2 amide bonds. The summed E-state index contributed by atoms with van der Waals surface area (Å²) in [6.07, 6.45) is 2.76. The minimum atomic E-state index is -0.322. The first-order valence-corrected chi connectivity index (χ1v) is 11.9. The highest BCUT2D eigenvalue weighted by Crippen LogP contribution is 2.39. The van der Waals surface area contributed by atoms with Crippen LogP contribution in [0, 0.1) is 12.3 Å². The molecule has 1 N–H and O–H groups in total. The van der Waals surface area contributed by atoms with Gasteiger partial charge in [0.05, 0.1) is 23.3 Å². The maximum absolute atomic E-state index is 13.1. The predicted octanol–water partition coefficient (Wildman–Crippen LogP) is 3.73. The van der Waals surface area contributed by atoms with E-state index in [1.165, 1.54) is 5.56 Å². The highest BCUT2D eigenvalue weighted by Gasteiger charge is 2.47. The van der Waals surface area contributed by atoms with Gasteiger partial charge in [-0.1, -0.05) is 48.0 Å². The predicted molar refractivity (Wildman–Crippen MR) is 133 cm³/mol. The third kappa shape index (κ3) is 4.35. The van der Waals surface area contributed by atoms with Gasteiger partial charge in [0.2, 0.25) is 11.8 Å². The number of carbonyl (C=O) groups is 2. The maximum Gasteiger partial charge on any atom is 0.239 e. The number of aryl methyl sites for hydroxylation is 1. The molecule has 5 rings (SSSR count). The summed E-state index contributed by atoms with van der Waals surface area (Å²) in [6, 6.07) is 19.9. The molecule has 2 aromatic carbocycles. The average molecular weight is 458 g/mol. The van der Waals surface area contributed by atoms with E-state index in [0.717, 1.165) is 49.3 Å². The summed E-state index contributed by atoms with van der Waals surface area (Å²) in [7, 11) is 1.88. The Balaban J connectivity index is 1.34. The fourth-order valence-electron chi connectivity index (χ4n) is 5.23. The summed E-state index contributed by atoms with van der Waals surface area (Å²) >= 11 is 0. The first-order valence-electron chi connectivity index (χ1n) is 11.9. The highest BCUT2D eigenvalue weighted by molar-refractivity contribution is 5.92. The van der Waals surface area contributed by atoms with E-state index in [2.05, 4.69) is 29.3 Å². The lowest BCUT2D eigenvalue weighted by molar-refractivity contribution is -0.144. The third-order valence-electron chi connectivity index (χ3n) is 7.07. The highest BCUT2D eigenvalue weighted by atomic mass is 16.2. The number of rotatable bonds is 5. The van der Waals surface area contributed by atoms with Gasteiger partial charge < -0.3 is 10.2 Å². The quantitative estimate of drug-likeness (QED) is 0.634. The molecule has 0 saturated carbocycles. The van der Waals surface area contributed by atoms with Crippen LogP contribution in [0.15, 0.2) is 60.7 Å². The fourth-order valence-corrected chi connectivity index (χ4v) is 5.23. The van der Waals surface area contributed by atoms with E-state index in [9.17, 15) is 9.59 Å². The largest absolute Gasteiger partial charge is 0.345 e. The Morgan fingerprint density at radius 1 is 1.06 bits per heavy atom. The molecule has 176 valence electrons. The van der Waals surface area contributed by atoms with E-state index >= 15 is 0 Å². The minimum Gasteiger partial charge on any atom is -0.345 e. The lowest BCUT2D eigenvalue weighted by atomic mass is 9.78. The molecule has 1 aromatic heterocycles. The van der Waals surface area contributed by atoms with Crippen molar-refractivity contribution in [3.8, 4) is 16.9 Å². The number of likely N-dealkylation sites (tertiary alicyclic amines) is 2. The van der Waals surface area contributed by atoms with Crippen LogP contribution in [-0.2, 0) is 9.59 Å². The van der Waals surface area contributed by atoms with Crippen molar-refractivity contribution in [2.45, 2.75) is 26.2 Å². The van der Waals surface area contributed by atoms with Crippen molar-refractivity contribution in [3.05, 3.63) is 66.2 Å². The van der Waals surface area contributed by atoms with E-state index in [0.29, 0.717) is 12.4 Å². The fraction of sp³-hybridized carbons (Fsp3) is 0.370. The van der Waals surface area contributed by atoms with Crippen LogP contribution in [0.1, 0.15) is 24.8 Å². The van der Waals surface area contributed by atoms with Crippen molar-refractivity contribution in [1.29, 1.82) is 0 Å². The third-order valence-corrected chi connectivity index (χ3v) is 7.07. The Hall–Kier alpha value is -3.45. The van der Waals surface area contributed by atoms with E-state index in [1.54, 1.807) is 4.68 Å². The van der Waals surface area contributed by atoms with Gasteiger partial charge in [-0.15, -0.1) is 0 Å². The molecular formula is C27H31N5O2. The van der Waals surface area contributed by atoms with Crippen LogP contribution in [-0.4, -0.2) is 64.6 Å². The zero-order valence-corrected chi connectivity index (χ0v) is 19.8. The molecule has 2 aliphatic rings. The molecule has 3 heterocycles. The molecule has 0 bridgehead atoms. The molecular weight excluding hydrogens is 426 g/mol. The first kappa shape index (κ1) is 22.3. The van der Waals surface area contributed by atoms with E-state index < -0.39 is 0 Å². The summed E-state index contributed by atoms with van der Waals surface area (Å²) in [6.45, 7) is 4.56. The number of carbonyl (C=O) groups excluding carboxylic acids is 2. The number of aromatic nitrogens is 2. The Labute approximate surface area is 200 Å². The summed E-state index contributed by atoms with van der Waals surface area (Å²) in [5, 5.41) is 7.86. The number of benzene rings is 2. The number of nitrogens with one attached hydrogen (secondary N) is 1. The van der Waals surface area contributed by atoms with Gasteiger partial charge >= 0.3 is 0 Å². The lowest BCUT2D eigenvalue weighted by Crippen LogP contribution is -2.48. The van der Waals surface area contributed by atoms with Crippen molar-refractivity contribution < 1.29 is 9.59 Å². The molecule has 2 saturated heterocycles. The second-order valence-corrected chi connectivity index (χ2v) is 9.65. The normalized spacial score (nSPS) is 20.8. The van der Waals surface area contributed by atoms with Gasteiger partial charge in [-0.3, -0.25) is 14.5 Å². The Morgan fingerprint density at radius 2 is 1.82 bits per heavy atom. The SMILES string of the molecule is Cc1ccc(-c2cc(NC(=O)CN3CCC4(CCCN(C)C4=O)C3)n(-c3ccccc3)n2)cc1. The van der Waals surface area contributed by atoms with Gasteiger partial charge in [0.25, 0.3) is 0 Å². The van der Waals surface area contributed by atoms with Gasteiger partial charge in [0.1, 0.15) is 5.82 Å². The van der Waals surface area contributed by atoms with Gasteiger partial charge in [-0.05, 0) is 44.9 Å². The van der Waals surface area contributed by atoms with E-state index in [1.807, 2.05) is 60.5 Å². The Morgan fingerprint density at radius 3 is 2.59 bits per heavy atom. The summed E-state index contributed by atoms with van der Waals surface area (Å²) in [4.78, 5) is 29.8. The van der Waals surface area contributed by atoms with Crippen LogP contribution in [0.2, 0.25) is 0 Å². The van der Waals surface area contributed by atoms with Gasteiger partial charge in [-0.2, -0.15) is 5.10 Å².